The maximum atomic E-state index is 11.6. The minimum absolute atomic E-state index is 0.0297. The average Bonchev–Trinajstić information content (AvgIpc) is 2.38. The van der Waals surface area contributed by atoms with Crippen molar-refractivity contribution in [1.82, 2.24) is 10.2 Å². The number of hydrogen-bond acceptors (Lipinski definition) is 4. The highest BCUT2D eigenvalue weighted by Crippen LogP contribution is 2.10. The third-order valence-electron chi connectivity index (χ3n) is 2.83. The van der Waals surface area contributed by atoms with Crippen LogP contribution < -0.4 is 10.6 Å². The summed E-state index contributed by atoms with van der Waals surface area (Å²) in [6, 6.07) is 7.29. The number of nitrogens with zero attached hydrogens (tertiary/aromatic N) is 1. The van der Waals surface area contributed by atoms with E-state index in [1.807, 2.05) is 31.1 Å². The predicted molar refractivity (Wildman–Crippen MR) is 81.1 cm³/mol. The van der Waals surface area contributed by atoms with E-state index in [1.54, 1.807) is 12.1 Å². The van der Waals surface area contributed by atoms with E-state index in [0.29, 0.717) is 25.1 Å². The first-order valence-corrected chi connectivity index (χ1v) is 6.75. The molecule has 1 rings (SSSR count). The van der Waals surface area contributed by atoms with Gasteiger partial charge in [0.15, 0.2) is 5.78 Å². The van der Waals surface area contributed by atoms with E-state index < -0.39 is 0 Å². The average molecular weight is 277 g/mol. The van der Waals surface area contributed by atoms with Gasteiger partial charge in [-0.05, 0) is 33.2 Å². The van der Waals surface area contributed by atoms with E-state index in [9.17, 15) is 9.59 Å². The summed E-state index contributed by atoms with van der Waals surface area (Å²) in [5.41, 5.74) is 1.53. The summed E-state index contributed by atoms with van der Waals surface area (Å²) >= 11 is 0. The predicted octanol–water partition coefficient (Wildman–Crippen LogP) is 1.37. The number of carbonyl (C=O) groups excluding carboxylic acids is 2. The normalized spacial score (nSPS) is 10.4. The molecule has 0 unspecified atom stereocenters. The van der Waals surface area contributed by atoms with E-state index in [0.717, 1.165) is 12.2 Å². The lowest BCUT2D eigenvalue weighted by Crippen LogP contribution is -2.32. The second kappa shape index (κ2) is 8.32. The number of ketones is 1. The quantitative estimate of drug-likeness (QED) is 0.705. The van der Waals surface area contributed by atoms with Crippen LogP contribution in [0.25, 0.3) is 0 Å². The molecule has 2 N–H and O–H groups in total. The third-order valence-corrected chi connectivity index (χ3v) is 2.83. The number of benzene rings is 1. The number of likely N-dealkylation sites (N-methyl/N-ethyl adjacent to an activating group) is 1. The summed E-state index contributed by atoms with van der Waals surface area (Å²) in [5.74, 6) is 0.0668. The van der Waals surface area contributed by atoms with Crippen molar-refractivity contribution in [2.24, 2.45) is 0 Å². The Morgan fingerprint density at radius 1 is 1.20 bits per heavy atom. The molecule has 0 bridgehead atoms. The molecule has 1 aromatic rings. The third kappa shape index (κ3) is 6.33. The van der Waals surface area contributed by atoms with E-state index in [2.05, 4.69) is 10.6 Å². The summed E-state index contributed by atoms with van der Waals surface area (Å²) in [5, 5.41) is 6.00. The number of Topliss-reactive ketones (excluding diaryl/α,β-unsaturated/α-hetero) is 1. The molecule has 1 amide bonds. The van der Waals surface area contributed by atoms with Crippen molar-refractivity contribution >= 4 is 17.4 Å². The van der Waals surface area contributed by atoms with Gasteiger partial charge < -0.3 is 15.5 Å². The number of carbonyl (C=O) groups is 2. The van der Waals surface area contributed by atoms with Crippen LogP contribution in [-0.2, 0) is 4.79 Å². The van der Waals surface area contributed by atoms with Crippen molar-refractivity contribution in [3.63, 3.8) is 0 Å². The zero-order chi connectivity index (χ0) is 15.0. The summed E-state index contributed by atoms with van der Waals surface area (Å²) in [6.45, 7) is 3.58. The fourth-order valence-corrected chi connectivity index (χ4v) is 1.68. The standard InChI is InChI=1S/C15H23N3O2/c1-12(19)13-5-4-6-14(11-13)16-8-7-15(20)17-9-10-18(2)3/h4-6,11,16H,7-10H2,1-3H3,(H,17,20). The van der Waals surface area contributed by atoms with Gasteiger partial charge in [0.05, 0.1) is 0 Å². The molecule has 20 heavy (non-hydrogen) atoms. The van der Waals surface area contributed by atoms with Gasteiger partial charge >= 0.3 is 0 Å². The largest absolute Gasteiger partial charge is 0.385 e. The van der Waals surface area contributed by atoms with E-state index in [4.69, 9.17) is 0 Å². The van der Waals surface area contributed by atoms with Crippen molar-refractivity contribution in [3.05, 3.63) is 29.8 Å². The lowest BCUT2D eigenvalue weighted by Gasteiger charge is -2.11. The fourth-order valence-electron chi connectivity index (χ4n) is 1.68. The Kier molecular flexibility index (Phi) is 6.73. The molecular weight excluding hydrogens is 254 g/mol. The summed E-state index contributed by atoms with van der Waals surface area (Å²) in [4.78, 5) is 24.8. The topological polar surface area (TPSA) is 61.4 Å². The van der Waals surface area contributed by atoms with Crippen LogP contribution in [0.3, 0.4) is 0 Å². The van der Waals surface area contributed by atoms with E-state index in [1.165, 1.54) is 6.92 Å². The van der Waals surface area contributed by atoms with Crippen LogP contribution in [0.4, 0.5) is 5.69 Å². The summed E-state index contributed by atoms with van der Waals surface area (Å²) < 4.78 is 0. The molecule has 0 saturated heterocycles. The second-order valence-corrected chi connectivity index (χ2v) is 4.97. The molecule has 0 aliphatic heterocycles. The van der Waals surface area contributed by atoms with Crippen molar-refractivity contribution in [3.8, 4) is 0 Å². The van der Waals surface area contributed by atoms with Crippen LogP contribution in [0.1, 0.15) is 23.7 Å². The van der Waals surface area contributed by atoms with Gasteiger partial charge in [0.1, 0.15) is 0 Å². The van der Waals surface area contributed by atoms with Crippen molar-refractivity contribution in [2.75, 3.05) is 39.0 Å². The summed E-state index contributed by atoms with van der Waals surface area (Å²) in [7, 11) is 3.94. The molecule has 0 atom stereocenters. The van der Waals surface area contributed by atoms with E-state index >= 15 is 0 Å². The van der Waals surface area contributed by atoms with Crippen molar-refractivity contribution in [1.29, 1.82) is 0 Å². The molecule has 0 radical (unpaired) electrons. The first-order chi connectivity index (χ1) is 9.49. The molecule has 0 aromatic heterocycles. The first-order valence-electron chi connectivity index (χ1n) is 6.75. The van der Waals surface area contributed by atoms with Crippen molar-refractivity contribution in [2.45, 2.75) is 13.3 Å². The van der Waals surface area contributed by atoms with E-state index in [-0.39, 0.29) is 11.7 Å². The molecule has 0 saturated carbocycles. The maximum Gasteiger partial charge on any atom is 0.221 e. The maximum absolute atomic E-state index is 11.6. The van der Waals surface area contributed by atoms with Crippen molar-refractivity contribution < 1.29 is 9.59 Å². The van der Waals surface area contributed by atoms with Gasteiger partial charge in [0.2, 0.25) is 5.91 Å². The Bertz CT molecular complexity index is 458. The molecule has 110 valence electrons. The molecular formula is C15H23N3O2. The molecule has 0 aliphatic carbocycles. The van der Waals surface area contributed by atoms with Gasteiger partial charge in [-0.3, -0.25) is 9.59 Å². The Hall–Kier alpha value is -1.88. The lowest BCUT2D eigenvalue weighted by molar-refractivity contribution is -0.120. The van der Waals surface area contributed by atoms with Crippen LogP contribution in [-0.4, -0.2) is 50.3 Å². The number of rotatable bonds is 8. The molecule has 0 heterocycles. The van der Waals surface area contributed by atoms with Gasteiger partial charge in [0.25, 0.3) is 0 Å². The Balaban J connectivity index is 2.28. The van der Waals surface area contributed by atoms with Crippen LogP contribution in [0.5, 0.6) is 0 Å². The minimum Gasteiger partial charge on any atom is -0.385 e. The van der Waals surface area contributed by atoms with Crippen LogP contribution in [0.15, 0.2) is 24.3 Å². The molecule has 0 fully saturated rings. The Labute approximate surface area is 120 Å². The number of amides is 1. The second-order valence-electron chi connectivity index (χ2n) is 4.97. The van der Waals surface area contributed by atoms with Gasteiger partial charge in [-0.1, -0.05) is 12.1 Å². The monoisotopic (exact) mass is 277 g/mol. The highest BCUT2D eigenvalue weighted by atomic mass is 16.1. The minimum atomic E-state index is 0.0297. The smallest absolute Gasteiger partial charge is 0.221 e. The van der Waals surface area contributed by atoms with Crippen LogP contribution in [0.2, 0.25) is 0 Å². The highest BCUT2D eigenvalue weighted by Gasteiger charge is 2.02. The lowest BCUT2D eigenvalue weighted by atomic mass is 10.1. The van der Waals surface area contributed by atoms with Crippen LogP contribution in [0, 0.1) is 0 Å². The van der Waals surface area contributed by atoms with Gasteiger partial charge in [-0.2, -0.15) is 0 Å². The molecule has 1 aromatic carbocycles. The Morgan fingerprint density at radius 2 is 1.95 bits per heavy atom. The fraction of sp³-hybridized carbons (Fsp3) is 0.467. The number of hydrogen-bond donors (Lipinski definition) is 2. The van der Waals surface area contributed by atoms with Crippen LogP contribution >= 0.6 is 0 Å². The van der Waals surface area contributed by atoms with Gasteiger partial charge in [-0.15, -0.1) is 0 Å². The highest BCUT2D eigenvalue weighted by molar-refractivity contribution is 5.94. The number of anilines is 1. The Morgan fingerprint density at radius 3 is 2.60 bits per heavy atom. The van der Waals surface area contributed by atoms with Gasteiger partial charge in [-0.25, -0.2) is 0 Å². The molecule has 0 spiro atoms. The SMILES string of the molecule is CC(=O)c1cccc(NCCC(=O)NCCN(C)C)c1. The molecule has 5 heteroatoms. The summed E-state index contributed by atoms with van der Waals surface area (Å²) in [6.07, 6.45) is 0.414. The first kappa shape index (κ1) is 16.2. The molecule has 5 nitrogen and oxygen atoms in total. The number of nitrogens with one attached hydrogen (secondary N) is 2. The van der Waals surface area contributed by atoms with Gasteiger partial charge in [0, 0.05) is 37.3 Å². The zero-order valence-corrected chi connectivity index (χ0v) is 12.4. The zero-order valence-electron chi connectivity index (χ0n) is 12.4. The molecule has 0 aliphatic rings.